The second-order valence-corrected chi connectivity index (χ2v) is 4.48. The summed E-state index contributed by atoms with van der Waals surface area (Å²) in [7, 11) is 0. The van der Waals surface area contributed by atoms with Gasteiger partial charge in [-0.15, -0.1) is 11.3 Å². The highest BCUT2D eigenvalue weighted by atomic mass is 32.1. The van der Waals surface area contributed by atoms with Crippen molar-refractivity contribution in [2.75, 3.05) is 13.1 Å². The van der Waals surface area contributed by atoms with Crippen LogP contribution in [0.5, 0.6) is 0 Å². The Hall–Kier alpha value is -1.36. The molecule has 5 heteroatoms. The molecule has 1 aromatic rings. The lowest BCUT2D eigenvalue weighted by Crippen LogP contribution is -2.35. The Labute approximate surface area is 91.1 Å². The predicted octanol–water partition coefficient (Wildman–Crippen LogP) is 1.22. The average molecular weight is 225 g/mol. The summed E-state index contributed by atoms with van der Waals surface area (Å²) < 4.78 is 0. The minimum absolute atomic E-state index is 0.147. The van der Waals surface area contributed by atoms with Crippen molar-refractivity contribution in [2.24, 2.45) is 0 Å². The summed E-state index contributed by atoms with van der Waals surface area (Å²) in [4.78, 5) is 25.0. The smallest absolute Gasteiger partial charge is 0.323 e. The molecule has 4 nitrogen and oxygen atoms in total. The molecule has 1 amide bonds. The summed E-state index contributed by atoms with van der Waals surface area (Å²) in [5, 5.41) is 10.6. The van der Waals surface area contributed by atoms with Crippen LogP contribution in [-0.4, -0.2) is 35.0 Å². The van der Waals surface area contributed by atoms with Gasteiger partial charge in [0.15, 0.2) is 0 Å². The van der Waals surface area contributed by atoms with Gasteiger partial charge in [0, 0.05) is 11.4 Å². The first-order valence-electron chi connectivity index (χ1n) is 4.76. The van der Waals surface area contributed by atoms with Gasteiger partial charge in [0.2, 0.25) is 0 Å². The number of carboxylic acids is 1. The number of amides is 1. The van der Waals surface area contributed by atoms with E-state index < -0.39 is 5.97 Å². The summed E-state index contributed by atoms with van der Waals surface area (Å²) >= 11 is 1.57. The Morgan fingerprint density at radius 2 is 2.40 bits per heavy atom. The van der Waals surface area contributed by atoms with Crippen LogP contribution in [0.15, 0.2) is 11.4 Å². The van der Waals surface area contributed by atoms with Crippen LogP contribution in [0.1, 0.15) is 21.7 Å². The monoisotopic (exact) mass is 225 g/mol. The van der Waals surface area contributed by atoms with E-state index in [4.69, 9.17) is 5.11 Å². The molecule has 0 aliphatic carbocycles. The molecular weight excluding hydrogens is 214 g/mol. The lowest BCUT2D eigenvalue weighted by molar-refractivity contribution is -0.137. The third kappa shape index (κ3) is 2.02. The fraction of sp³-hybridized carbons (Fsp3) is 0.400. The molecule has 0 atom stereocenters. The van der Waals surface area contributed by atoms with E-state index in [9.17, 15) is 9.59 Å². The van der Waals surface area contributed by atoms with Gasteiger partial charge in [-0.2, -0.15) is 0 Å². The lowest BCUT2D eigenvalue weighted by atomic mass is 10.2. The summed E-state index contributed by atoms with van der Waals surface area (Å²) in [5.74, 6) is -1.10. The molecule has 1 aliphatic heterocycles. The number of aliphatic carboxylic acids is 1. The topological polar surface area (TPSA) is 57.6 Å². The Balaban J connectivity index is 2.24. The molecule has 0 saturated carbocycles. The van der Waals surface area contributed by atoms with E-state index in [1.165, 1.54) is 4.90 Å². The van der Waals surface area contributed by atoms with Gasteiger partial charge in [-0.25, -0.2) is 0 Å². The predicted molar refractivity (Wildman–Crippen MR) is 56.2 cm³/mol. The third-order valence-corrected chi connectivity index (χ3v) is 3.40. The molecule has 1 N–H and O–H groups in total. The zero-order valence-corrected chi connectivity index (χ0v) is 8.92. The minimum atomic E-state index is -0.956. The third-order valence-electron chi connectivity index (χ3n) is 2.42. The van der Waals surface area contributed by atoms with Crippen LogP contribution in [0, 0.1) is 0 Å². The number of rotatable bonds is 2. The number of nitrogens with zero attached hydrogens (tertiary/aromatic N) is 1. The summed E-state index contributed by atoms with van der Waals surface area (Å²) in [6, 6.07) is 1.78. The molecule has 0 bridgehead atoms. The van der Waals surface area contributed by atoms with Gasteiger partial charge in [0.1, 0.15) is 6.54 Å². The molecule has 2 heterocycles. The fourth-order valence-corrected chi connectivity index (χ4v) is 2.65. The maximum atomic E-state index is 11.9. The normalized spacial score (nSPS) is 16.0. The number of carbonyl (C=O) groups is 2. The largest absolute Gasteiger partial charge is 0.480 e. The molecular formula is C10H11NO3S. The van der Waals surface area contributed by atoms with E-state index in [-0.39, 0.29) is 12.5 Å². The van der Waals surface area contributed by atoms with Crippen molar-refractivity contribution < 1.29 is 14.7 Å². The van der Waals surface area contributed by atoms with E-state index in [0.29, 0.717) is 12.1 Å². The van der Waals surface area contributed by atoms with E-state index in [0.717, 1.165) is 17.7 Å². The first-order valence-corrected chi connectivity index (χ1v) is 5.64. The van der Waals surface area contributed by atoms with Crippen molar-refractivity contribution in [3.63, 3.8) is 0 Å². The summed E-state index contributed by atoms with van der Waals surface area (Å²) in [6.07, 6.45) is 1.71. The van der Waals surface area contributed by atoms with Gasteiger partial charge in [0.05, 0.1) is 5.56 Å². The van der Waals surface area contributed by atoms with E-state index in [1.54, 1.807) is 17.4 Å². The van der Waals surface area contributed by atoms with Crippen LogP contribution < -0.4 is 0 Å². The zero-order valence-electron chi connectivity index (χ0n) is 8.10. The van der Waals surface area contributed by atoms with Crippen molar-refractivity contribution in [1.82, 2.24) is 4.90 Å². The lowest BCUT2D eigenvalue weighted by Gasteiger charge is -2.17. The van der Waals surface area contributed by atoms with Crippen LogP contribution in [0.2, 0.25) is 0 Å². The van der Waals surface area contributed by atoms with Gasteiger partial charge in [0.25, 0.3) is 5.91 Å². The molecule has 2 rings (SSSR count). The van der Waals surface area contributed by atoms with Crippen molar-refractivity contribution in [2.45, 2.75) is 12.8 Å². The average Bonchev–Trinajstić information content (AvgIpc) is 2.58. The van der Waals surface area contributed by atoms with Crippen molar-refractivity contribution >= 4 is 23.2 Å². The molecule has 0 spiro atoms. The molecule has 0 radical (unpaired) electrons. The van der Waals surface area contributed by atoms with Gasteiger partial charge >= 0.3 is 5.97 Å². The Morgan fingerprint density at radius 1 is 1.60 bits per heavy atom. The van der Waals surface area contributed by atoms with Crippen LogP contribution in [0.3, 0.4) is 0 Å². The van der Waals surface area contributed by atoms with Gasteiger partial charge in [-0.05, 0) is 24.3 Å². The summed E-state index contributed by atoms with van der Waals surface area (Å²) in [6.45, 7) is 0.334. The number of thiophene rings is 1. The molecule has 0 saturated heterocycles. The standard InChI is InChI=1S/C10H11NO3S/c12-9(13)6-11-4-1-2-8-7(10(11)14)3-5-15-8/h3,5H,1-2,4,6H2,(H,12,13). The number of carbonyl (C=O) groups excluding carboxylic acids is 1. The van der Waals surface area contributed by atoms with Crippen molar-refractivity contribution in [3.05, 3.63) is 21.9 Å². The molecule has 1 aromatic heterocycles. The number of hydrogen-bond donors (Lipinski definition) is 1. The van der Waals surface area contributed by atoms with Gasteiger partial charge < -0.3 is 10.0 Å². The first kappa shape index (κ1) is 10.2. The molecule has 0 fully saturated rings. The summed E-state index contributed by atoms with van der Waals surface area (Å²) in [5.41, 5.74) is 0.679. The number of carboxylic acid groups (broad SMARTS) is 1. The quantitative estimate of drug-likeness (QED) is 0.823. The van der Waals surface area contributed by atoms with Crippen LogP contribution in [0.25, 0.3) is 0 Å². The highest BCUT2D eigenvalue weighted by Crippen LogP contribution is 2.23. The maximum absolute atomic E-state index is 11.9. The molecule has 1 aliphatic rings. The van der Waals surface area contributed by atoms with Crippen LogP contribution in [-0.2, 0) is 11.2 Å². The van der Waals surface area contributed by atoms with Crippen molar-refractivity contribution in [1.29, 1.82) is 0 Å². The molecule has 80 valence electrons. The molecule has 15 heavy (non-hydrogen) atoms. The first-order chi connectivity index (χ1) is 7.18. The van der Waals surface area contributed by atoms with E-state index >= 15 is 0 Å². The SMILES string of the molecule is O=C(O)CN1CCCc2sccc2C1=O. The highest BCUT2D eigenvalue weighted by molar-refractivity contribution is 7.10. The van der Waals surface area contributed by atoms with Crippen LogP contribution in [0.4, 0.5) is 0 Å². The number of fused-ring (bicyclic) bond motifs is 1. The Morgan fingerprint density at radius 3 is 3.13 bits per heavy atom. The molecule has 0 aromatic carbocycles. The van der Waals surface area contributed by atoms with Crippen LogP contribution >= 0.6 is 11.3 Å². The van der Waals surface area contributed by atoms with E-state index in [2.05, 4.69) is 0 Å². The number of hydrogen-bond acceptors (Lipinski definition) is 3. The maximum Gasteiger partial charge on any atom is 0.323 e. The van der Waals surface area contributed by atoms with Crippen molar-refractivity contribution in [3.8, 4) is 0 Å². The van der Waals surface area contributed by atoms with E-state index in [1.807, 2.05) is 5.38 Å². The Kier molecular flexibility index (Phi) is 2.73. The van der Waals surface area contributed by atoms with Gasteiger partial charge in [-0.3, -0.25) is 9.59 Å². The molecule has 0 unspecified atom stereocenters. The second kappa shape index (κ2) is 4.02. The highest BCUT2D eigenvalue weighted by Gasteiger charge is 2.24. The minimum Gasteiger partial charge on any atom is -0.480 e. The number of aryl methyl sites for hydroxylation is 1. The Bertz CT molecular complexity index is 399. The van der Waals surface area contributed by atoms with Gasteiger partial charge in [-0.1, -0.05) is 0 Å². The fourth-order valence-electron chi connectivity index (χ4n) is 1.74. The second-order valence-electron chi connectivity index (χ2n) is 3.48. The zero-order chi connectivity index (χ0) is 10.8.